The Balaban J connectivity index is 1.87. The molecular formula is C13H16N2O4S. The highest BCUT2D eigenvalue weighted by Gasteiger charge is 2.37. The molecule has 1 atom stereocenters. The minimum Gasteiger partial charge on any atom is -0.480 e. The molecule has 0 aromatic carbocycles. The summed E-state index contributed by atoms with van der Waals surface area (Å²) in [5, 5.41) is 13.3. The summed E-state index contributed by atoms with van der Waals surface area (Å²) in [6.45, 7) is -0.146. The van der Waals surface area contributed by atoms with Crippen LogP contribution in [0.5, 0.6) is 0 Å². The Morgan fingerprint density at radius 1 is 1.50 bits per heavy atom. The lowest BCUT2D eigenvalue weighted by Crippen LogP contribution is -2.47. The van der Waals surface area contributed by atoms with Crippen molar-refractivity contribution >= 4 is 29.1 Å². The average Bonchev–Trinajstić information content (AvgIpc) is 3.08. The van der Waals surface area contributed by atoms with Gasteiger partial charge in [-0.3, -0.25) is 9.59 Å². The molecule has 0 saturated heterocycles. The lowest BCUT2D eigenvalue weighted by Gasteiger charge is -2.18. The Hall–Kier alpha value is -1.89. The van der Waals surface area contributed by atoms with Crippen molar-refractivity contribution < 1.29 is 19.5 Å². The Morgan fingerprint density at radius 2 is 2.20 bits per heavy atom. The summed E-state index contributed by atoms with van der Waals surface area (Å²) in [5.74, 6) is -1.69. The van der Waals surface area contributed by atoms with E-state index in [9.17, 15) is 14.4 Å². The molecule has 0 bridgehead atoms. The van der Waals surface area contributed by atoms with Crippen LogP contribution in [-0.4, -0.2) is 47.4 Å². The number of nitrogens with zero attached hydrogens (tertiary/aromatic N) is 1. The van der Waals surface area contributed by atoms with Gasteiger partial charge in [-0.1, -0.05) is 6.07 Å². The molecule has 1 aromatic heterocycles. The Labute approximate surface area is 120 Å². The first-order valence-corrected chi connectivity index (χ1v) is 7.18. The number of carbonyl (C=O) groups is 3. The molecule has 0 radical (unpaired) electrons. The van der Waals surface area contributed by atoms with E-state index in [1.807, 2.05) is 0 Å². The molecule has 0 aliphatic heterocycles. The predicted molar refractivity (Wildman–Crippen MR) is 73.6 cm³/mol. The third-order valence-electron chi connectivity index (χ3n) is 3.14. The maximum absolute atomic E-state index is 11.9. The van der Waals surface area contributed by atoms with E-state index in [1.165, 1.54) is 23.3 Å². The van der Waals surface area contributed by atoms with Gasteiger partial charge in [-0.25, -0.2) is 4.79 Å². The van der Waals surface area contributed by atoms with Crippen LogP contribution < -0.4 is 5.32 Å². The zero-order chi connectivity index (χ0) is 14.7. The first-order chi connectivity index (χ1) is 9.49. The second kappa shape index (κ2) is 6.04. The molecule has 1 heterocycles. The van der Waals surface area contributed by atoms with Crippen molar-refractivity contribution in [3.63, 3.8) is 0 Å². The minimum atomic E-state index is -1.02. The van der Waals surface area contributed by atoms with E-state index in [1.54, 1.807) is 17.5 Å². The Morgan fingerprint density at radius 3 is 2.70 bits per heavy atom. The minimum absolute atomic E-state index is 0.0229. The summed E-state index contributed by atoms with van der Waals surface area (Å²) >= 11 is 1.30. The van der Waals surface area contributed by atoms with Crippen molar-refractivity contribution in [2.24, 2.45) is 5.92 Å². The van der Waals surface area contributed by atoms with Gasteiger partial charge in [-0.05, 0) is 30.2 Å². The van der Waals surface area contributed by atoms with Gasteiger partial charge in [0.15, 0.2) is 0 Å². The highest BCUT2D eigenvalue weighted by Crippen LogP contribution is 2.32. The number of carbonyl (C=O) groups excluding carboxylic acids is 2. The number of hydrogen-bond donors (Lipinski definition) is 2. The van der Waals surface area contributed by atoms with Crippen molar-refractivity contribution in [2.45, 2.75) is 18.9 Å². The second-order valence-corrected chi connectivity index (χ2v) is 5.81. The molecule has 2 N–H and O–H groups in total. The molecule has 1 fully saturated rings. The first-order valence-electron chi connectivity index (χ1n) is 6.30. The smallest absolute Gasteiger partial charge is 0.326 e. The van der Waals surface area contributed by atoms with Gasteiger partial charge in [-0.2, -0.15) is 0 Å². The molecule has 2 rings (SSSR count). The van der Waals surface area contributed by atoms with Crippen LogP contribution in [0.15, 0.2) is 17.5 Å². The van der Waals surface area contributed by atoms with Gasteiger partial charge < -0.3 is 15.3 Å². The number of carboxylic acid groups (broad SMARTS) is 1. The summed E-state index contributed by atoms with van der Waals surface area (Å²) in [6, 6.07) is 2.61. The van der Waals surface area contributed by atoms with Crippen molar-refractivity contribution in [2.75, 3.05) is 13.6 Å². The number of aliphatic carboxylic acids is 1. The van der Waals surface area contributed by atoms with Crippen LogP contribution in [0.3, 0.4) is 0 Å². The number of rotatable bonds is 6. The maximum Gasteiger partial charge on any atom is 0.326 e. The molecule has 2 amide bonds. The van der Waals surface area contributed by atoms with Crippen molar-refractivity contribution in [1.82, 2.24) is 10.2 Å². The fourth-order valence-electron chi connectivity index (χ4n) is 1.91. The summed E-state index contributed by atoms with van der Waals surface area (Å²) < 4.78 is 0. The van der Waals surface area contributed by atoms with Gasteiger partial charge in [0.05, 0.1) is 11.4 Å². The fourth-order valence-corrected chi connectivity index (χ4v) is 2.62. The average molecular weight is 296 g/mol. The lowest BCUT2D eigenvalue weighted by atomic mass is 10.2. The van der Waals surface area contributed by atoms with Crippen LogP contribution >= 0.6 is 11.3 Å². The molecule has 0 spiro atoms. The molecule has 1 aliphatic rings. The first kappa shape index (κ1) is 14.5. The van der Waals surface area contributed by atoms with Gasteiger partial charge >= 0.3 is 5.97 Å². The molecular weight excluding hydrogens is 280 g/mol. The molecule has 20 heavy (non-hydrogen) atoms. The number of amides is 2. The molecule has 6 nitrogen and oxygen atoms in total. The van der Waals surface area contributed by atoms with Gasteiger partial charge in [-0.15, -0.1) is 11.3 Å². The third kappa shape index (κ3) is 3.57. The summed E-state index contributed by atoms with van der Waals surface area (Å²) in [5.41, 5.74) is 0. The monoisotopic (exact) mass is 296 g/mol. The number of likely N-dealkylation sites (N-methyl/N-ethyl adjacent to an activating group) is 1. The topological polar surface area (TPSA) is 86.7 Å². The summed E-state index contributed by atoms with van der Waals surface area (Å²) in [4.78, 5) is 36.6. The number of nitrogens with one attached hydrogen (secondary N) is 1. The van der Waals surface area contributed by atoms with E-state index in [-0.39, 0.29) is 18.4 Å². The Bertz CT molecular complexity index is 510. The van der Waals surface area contributed by atoms with Crippen LogP contribution in [-0.2, 0) is 9.59 Å². The lowest BCUT2D eigenvalue weighted by molar-refractivity contribution is -0.142. The highest BCUT2D eigenvalue weighted by molar-refractivity contribution is 7.12. The van der Waals surface area contributed by atoms with Gasteiger partial charge in [0.1, 0.15) is 6.04 Å². The number of carboxylic acids is 1. The molecule has 1 aliphatic carbocycles. The van der Waals surface area contributed by atoms with E-state index in [0.29, 0.717) is 4.88 Å². The zero-order valence-electron chi connectivity index (χ0n) is 11.0. The van der Waals surface area contributed by atoms with E-state index in [2.05, 4.69) is 5.32 Å². The maximum atomic E-state index is 11.9. The largest absolute Gasteiger partial charge is 0.480 e. The molecule has 1 unspecified atom stereocenters. The molecule has 1 aromatic rings. The van der Waals surface area contributed by atoms with Gasteiger partial charge in [0.2, 0.25) is 5.91 Å². The van der Waals surface area contributed by atoms with Crippen LogP contribution in [0, 0.1) is 5.92 Å². The number of hydrogen-bond acceptors (Lipinski definition) is 4. The van der Waals surface area contributed by atoms with Crippen molar-refractivity contribution in [3.05, 3.63) is 22.4 Å². The van der Waals surface area contributed by atoms with E-state index < -0.39 is 17.9 Å². The standard InChI is InChI=1S/C13H16N2O4S/c1-15(12(17)9-3-2-6-20-9)7-10(16)14-11(13(18)19)8-4-5-8/h2-3,6,8,11H,4-5,7H2,1H3,(H,14,16)(H,18,19). The van der Waals surface area contributed by atoms with Gasteiger partial charge in [0.25, 0.3) is 5.91 Å². The van der Waals surface area contributed by atoms with Crippen LogP contribution in [0.2, 0.25) is 0 Å². The van der Waals surface area contributed by atoms with Crippen molar-refractivity contribution in [1.29, 1.82) is 0 Å². The van der Waals surface area contributed by atoms with Gasteiger partial charge in [0, 0.05) is 7.05 Å². The Kier molecular flexibility index (Phi) is 4.39. The summed E-state index contributed by atoms with van der Waals surface area (Å²) in [7, 11) is 1.52. The molecule has 108 valence electrons. The SMILES string of the molecule is CN(CC(=O)NC(C(=O)O)C1CC1)C(=O)c1cccs1. The normalized spacial score (nSPS) is 15.4. The predicted octanol–water partition coefficient (Wildman–Crippen LogP) is 0.800. The van der Waals surface area contributed by atoms with Crippen LogP contribution in [0.4, 0.5) is 0 Å². The number of thiophene rings is 1. The quantitative estimate of drug-likeness (QED) is 0.813. The molecule has 1 saturated carbocycles. The highest BCUT2D eigenvalue weighted by atomic mass is 32.1. The second-order valence-electron chi connectivity index (χ2n) is 4.86. The van der Waals surface area contributed by atoms with E-state index in [4.69, 9.17) is 5.11 Å². The molecule has 7 heteroatoms. The zero-order valence-corrected chi connectivity index (χ0v) is 11.9. The van der Waals surface area contributed by atoms with E-state index >= 15 is 0 Å². The van der Waals surface area contributed by atoms with Crippen LogP contribution in [0.25, 0.3) is 0 Å². The fraction of sp³-hybridized carbons (Fsp3) is 0.462. The van der Waals surface area contributed by atoms with E-state index in [0.717, 1.165) is 12.8 Å². The summed E-state index contributed by atoms with van der Waals surface area (Å²) in [6.07, 6.45) is 1.64. The van der Waals surface area contributed by atoms with Crippen LogP contribution in [0.1, 0.15) is 22.5 Å². The van der Waals surface area contributed by atoms with Crippen molar-refractivity contribution in [3.8, 4) is 0 Å². The third-order valence-corrected chi connectivity index (χ3v) is 3.99.